The zero-order valence-electron chi connectivity index (χ0n) is 19.8. The SMILES string of the molecule is COc1ccc(S(=O)(=O)N(Cc2cccnc2)C(CCN2C(=O)c3ccccc3C2=O)C(=O)NO)cc1. The molecule has 4 rings (SSSR count). The molecule has 0 bridgehead atoms. The number of amides is 3. The molecule has 0 spiro atoms. The summed E-state index contributed by atoms with van der Waals surface area (Å²) in [7, 11) is -2.87. The molecule has 3 amide bonds. The lowest BCUT2D eigenvalue weighted by atomic mass is 10.1. The van der Waals surface area contributed by atoms with Crippen molar-refractivity contribution in [3.8, 4) is 5.75 Å². The van der Waals surface area contributed by atoms with Crippen molar-refractivity contribution in [2.24, 2.45) is 0 Å². The van der Waals surface area contributed by atoms with Crippen LogP contribution in [0.4, 0.5) is 0 Å². The van der Waals surface area contributed by atoms with Crippen LogP contribution in [0.25, 0.3) is 0 Å². The summed E-state index contributed by atoms with van der Waals surface area (Å²) in [5, 5.41) is 9.47. The van der Waals surface area contributed by atoms with Crippen LogP contribution in [-0.2, 0) is 21.4 Å². The highest BCUT2D eigenvalue weighted by atomic mass is 32.2. The molecular weight excluding hydrogens is 500 g/mol. The van der Waals surface area contributed by atoms with E-state index in [1.807, 2.05) is 0 Å². The average Bonchev–Trinajstić information content (AvgIpc) is 3.17. The second-order valence-electron chi connectivity index (χ2n) is 8.18. The Kier molecular flexibility index (Phi) is 7.62. The van der Waals surface area contributed by atoms with Gasteiger partial charge in [-0.05, 0) is 54.4 Å². The molecule has 0 saturated carbocycles. The first-order valence-electron chi connectivity index (χ1n) is 11.2. The maximum Gasteiger partial charge on any atom is 0.261 e. The number of benzene rings is 2. The van der Waals surface area contributed by atoms with Gasteiger partial charge in [0.15, 0.2) is 0 Å². The molecule has 2 aromatic carbocycles. The lowest BCUT2D eigenvalue weighted by Crippen LogP contribution is -2.50. The average molecular weight is 525 g/mol. The molecule has 192 valence electrons. The van der Waals surface area contributed by atoms with Crippen LogP contribution in [0.2, 0.25) is 0 Å². The van der Waals surface area contributed by atoms with Gasteiger partial charge in [-0.25, -0.2) is 13.9 Å². The summed E-state index contributed by atoms with van der Waals surface area (Å²) in [5.41, 5.74) is 2.46. The number of carbonyl (C=O) groups is 3. The molecule has 0 aliphatic carbocycles. The number of hydrogen-bond donors (Lipinski definition) is 2. The van der Waals surface area contributed by atoms with E-state index in [9.17, 15) is 28.0 Å². The molecule has 1 aliphatic heterocycles. The van der Waals surface area contributed by atoms with Gasteiger partial charge in [-0.15, -0.1) is 0 Å². The van der Waals surface area contributed by atoms with Gasteiger partial charge in [-0.2, -0.15) is 4.31 Å². The Morgan fingerprint density at radius 1 is 1.05 bits per heavy atom. The van der Waals surface area contributed by atoms with E-state index in [0.29, 0.717) is 11.3 Å². The van der Waals surface area contributed by atoms with Crippen LogP contribution >= 0.6 is 0 Å². The number of ether oxygens (including phenoxy) is 1. The highest BCUT2D eigenvalue weighted by Crippen LogP contribution is 2.27. The molecular formula is C25H24N4O7S. The summed E-state index contributed by atoms with van der Waals surface area (Å²) >= 11 is 0. The zero-order valence-corrected chi connectivity index (χ0v) is 20.6. The highest BCUT2D eigenvalue weighted by molar-refractivity contribution is 7.89. The Morgan fingerprint density at radius 3 is 2.24 bits per heavy atom. The maximum absolute atomic E-state index is 13.8. The Labute approximate surface area is 213 Å². The highest BCUT2D eigenvalue weighted by Gasteiger charge is 2.39. The van der Waals surface area contributed by atoms with Crippen molar-refractivity contribution in [1.82, 2.24) is 19.7 Å². The fourth-order valence-corrected chi connectivity index (χ4v) is 5.70. The van der Waals surface area contributed by atoms with E-state index in [2.05, 4.69) is 4.98 Å². The molecule has 1 atom stereocenters. The predicted molar refractivity (Wildman–Crippen MR) is 130 cm³/mol. The number of hydrogen-bond acceptors (Lipinski definition) is 8. The smallest absolute Gasteiger partial charge is 0.261 e. The second-order valence-corrected chi connectivity index (χ2v) is 10.1. The number of nitrogens with zero attached hydrogens (tertiary/aromatic N) is 3. The number of sulfonamides is 1. The third kappa shape index (κ3) is 5.21. The van der Waals surface area contributed by atoms with Gasteiger partial charge in [0.1, 0.15) is 11.8 Å². The van der Waals surface area contributed by atoms with E-state index < -0.39 is 33.8 Å². The molecule has 0 fully saturated rings. The van der Waals surface area contributed by atoms with E-state index in [-0.39, 0.29) is 35.5 Å². The summed E-state index contributed by atoms with van der Waals surface area (Å²) in [6.07, 6.45) is 2.70. The monoisotopic (exact) mass is 524 g/mol. The number of rotatable bonds is 10. The molecule has 2 heterocycles. The fraction of sp³-hybridized carbons (Fsp3) is 0.200. The van der Waals surface area contributed by atoms with Gasteiger partial charge in [0.25, 0.3) is 17.7 Å². The Hall–Kier alpha value is -4.13. The van der Waals surface area contributed by atoms with Crippen LogP contribution in [0.5, 0.6) is 5.75 Å². The van der Waals surface area contributed by atoms with Gasteiger partial charge in [-0.1, -0.05) is 18.2 Å². The van der Waals surface area contributed by atoms with Crippen molar-refractivity contribution in [2.75, 3.05) is 13.7 Å². The third-order valence-electron chi connectivity index (χ3n) is 5.99. The first kappa shape index (κ1) is 25.9. The van der Waals surface area contributed by atoms with Crippen LogP contribution < -0.4 is 10.2 Å². The number of fused-ring (bicyclic) bond motifs is 1. The van der Waals surface area contributed by atoms with E-state index in [4.69, 9.17) is 4.74 Å². The van der Waals surface area contributed by atoms with Crippen LogP contribution in [0.15, 0.2) is 78.0 Å². The van der Waals surface area contributed by atoms with Crippen molar-refractivity contribution >= 4 is 27.7 Å². The number of nitrogens with one attached hydrogen (secondary N) is 1. The van der Waals surface area contributed by atoms with Gasteiger partial charge >= 0.3 is 0 Å². The Morgan fingerprint density at radius 2 is 1.70 bits per heavy atom. The van der Waals surface area contributed by atoms with Crippen molar-refractivity contribution in [3.63, 3.8) is 0 Å². The number of carbonyl (C=O) groups excluding carboxylic acids is 3. The fourth-order valence-electron chi connectivity index (χ4n) is 4.09. The summed E-state index contributed by atoms with van der Waals surface area (Å²) in [5.74, 6) is -1.66. The molecule has 1 aromatic heterocycles. The molecule has 12 heteroatoms. The lowest BCUT2D eigenvalue weighted by molar-refractivity contribution is -0.133. The summed E-state index contributed by atoms with van der Waals surface area (Å²) in [6.45, 7) is -0.519. The first-order chi connectivity index (χ1) is 17.8. The number of imide groups is 1. The van der Waals surface area contributed by atoms with Crippen molar-refractivity contribution < 1.29 is 32.7 Å². The van der Waals surface area contributed by atoms with Crippen LogP contribution in [0.3, 0.4) is 0 Å². The molecule has 37 heavy (non-hydrogen) atoms. The molecule has 1 unspecified atom stereocenters. The van der Waals surface area contributed by atoms with Gasteiger partial charge < -0.3 is 4.74 Å². The van der Waals surface area contributed by atoms with E-state index in [0.717, 1.165) is 9.21 Å². The van der Waals surface area contributed by atoms with E-state index in [1.54, 1.807) is 24.3 Å². The van der Waals surface area contributed by atoms with Crippen molar-refractivity contribution in [1.29, 1.82) is 0 Å². The largest absolute Gasteiger partial charge is 0.497 e. The van der Waals surface area contributed by atoms with Crippen LogP contribution in [-0.4, -0.2) is 65.2 Å². The van der Waals surface area contributed by atoms with E-state index >= 15 is 0 Å². The van der Waals surface area contributed by atoms with Gasteiger partial charge in [0.2, 0.25) is 10.0 Å². The molecule has 2 N–H and O–H groups in total. The summed E-state index contributed by atoms with van der Waals surface area (Å²) in [4.78, 5) is 43.3. The number of aromatic nitrogens is 1. The minimum absolute atomic E-state index is 0.117. The molecule has 11 nitrogen and oxygen atoms in total. The zero-order chi connectivity index (χ0) is 26.6. The van der Waals surface area contributed by atoms with Gasteiger partial charge in [-0.3, -0.25) is 29.5 Å². The maximum atomic E-state index is 13.8. The lowest BCUT2D eigenvalue weighted by Gasteiger charge is -2.30. The van der Waals surface area contributed by atoms with Crippen molar-refractivity contribution in [2.45, 2.75) is 23.9 Å². The first-order valence-corrected chi connectivity index (χ1v) is 12.7. The molecule has 1 aliphatic rings. The number of methoxy groups -OCH3 is 1. The summed E-state index contributed by atoms with van der Waals surface area (Å²) in [6, 6.07) is 13.7. The van der Waals surface area contributed by atoms with Gasteiger partial charge in [0, 0.05) is 25.5 Å². The molecule has 0 radical (unpaired) electrons. The minimum atomic E-state index is -4.32. The van der Waals surface area contributed by atoms with Crippen LogP contribution in [0, 0.1) is 0 Å². The standard InChI is InChI=1S/C25H24N4O7S/c1-36-18-8-10-19(11-9-18)37(34,35)29(16-17-5-4-13-26-15-17)22(23(30)27-33)12-14-28-24(31)20-6-2-3-7-21(20)25(28)32/h2-11,13,15,22,33H,12,14,16H2,1H3,(H,27,30). The number of hydroxylamine groups is 1. The third-order valence-corrected chi connectivity index (χ3v) is 7.86. The quantitative estimate of drug-likeness (QED) is 0.232. The second kappa shape index (κ2) is 10.9. The van der Waals surface area contributed by atoms with Crippen LogP contribution in [0.1, 0.15) is 32.7 Å². The Bertz CT molecular complexity index is 1380. The molecule has 0 saturated heterocycles. The molecule has 3 aromatic rings. The number of pyridine rings is 1. The van der Waals surface area contributed by atoms with Gasteiger partial charge in [0.05, 0.1) is 23.1 Å². The predicted octanol–water partition coefficient (Wildman–Crippen LogP) is 1.84. The normalized spacial score (nSPS) is 14.0. The minimum Gasteiger partial charge on any atom is -0.497 e. The summed E-state index contributed by atoms with van der Waals surface area (Å²) < 4.78 is 33.5. The van der Waals surface area contributed by atoms with E-state index in [1.165, 1.54) is 61.4 Å². The Balaban J connectivity index is 1.68. The van der Waals surface area contributed by atoms with Crippen molar-refractivity contribution in [3.05, 3.63) is 89.7 Å². The topological polar surface area (TPSA) is 146 Å².